The molecule has 0 aromatic carbocycles. The van der Waals surface area contributed by atoms with E-state index in [1.54, 1.807) is 0 Å². The minimum absolute atomic E-state index is 0.139. The van der Waals surface area contributed by atoms with Crippen molar-refractivity contribution in [1.29, 1.82) is 0 Å². The zero-order valence-corrected chi connectivity index (χ0v) is 36.2. The molecule has 0 aromatic rings. The first-order valence-electron chi connectivity index (χ1n) is 22.1. The SMILES string of the molecule is CC/C=C\C/C=C\C/C=C\C/C=C\CCCCC(=O)OC(CO)COP(=O)(O)OCC(CO)OC(=O)CCCCCCCCCCCCCCCCCCCC. The van der Waals surface area contributed by atoms with Gasteiger partial charge in [-0.25, -0.2) is 4.57 Å². The van der Waals surface area contributed by atoms with E-state index in [9.17, 15) is 29.3 Å². The summed E-state index contributed by atoms with van der Waals surface area (Å²) in [6.45, 7) is 2.06. The number of rotatable bonds is 41. The van der Waals surface area contributed by atoms with Gasteiger partial charge in [-0.1, -0.05) is 172 Å². The first-order valence-corrected chi connectivity index (χ1v) is 23.6. The van der Waals surface area contributed by atoms with Gasteiger partial charge in [0, 0.05) is 12.8 Å². The van der Waals surface area contributed by atoms with Crippen molar-refractivity contribution in [1.82, 2.24) is 0 Å². The molecule has 0 bridgehead atoms. The summed E-state index contributed by atoms with van der Waals surface area (Å²) >= 11 is 0. The molecule has 3 atom stereocenters. The van der Waals surface area contributed by atoms with E-state index in [1.807, 2.05) is 0 Å². The minimum Gasteiger partial charge on any atom is -0.457 e. The molecule has 0 aromatic heterocycles. The summed E-state index contributed by atoms with van der Waals surface area (Å²) in [5, 5.41) is 19.2. The van der Waals surface area contributed by atoms with Crippen LogP contribution in [0.4, 0.5) is 0 Å². The van der Waals surface area contributed by atoms with Gasteiger partial charge >= 0.3 is 19.8 Å². The predicted molar refractivity (Wildman–Crippen MR) is 228 cm³/mol. The summed E-state index contributed by atoms with van der Waals surface area (Å²) in [7, 11) is -4.65. The summed E-state index contributed by atoms with van der Waals surface area (Å²) in [5.41, 5.74) is 0. The van der Waals surface area contributed by atoms with Gasteiger partial charge in [0.2, 0.25) is 0 Å². The molecule has 0 spiro atoms. The zero-order valence-electron chi connectivity index (χ0n) is 35.3. The van der Waals surface area contributed by atoms with Gasteiger partial charge in [-0.15, -0.1) is 0 Å². The molecule has 10 nitrogen and oxygen atoms in total. The van der Waals surface area contributed by atoms with Crippen molar-refractivity contribution in [2.75, 3.05) is 26.4 Å². The lowest BCUT2D eigenvalue weighted by molar-refractivity contribution is -0.153. The van der Waals surface area contributed by atoms with Crippen LogP contribution in [0.5, 0.6) is 0 Å². The average Bonchev–Trinajstić information content (AvgIpc) is 3.19. The van der Waals surface area contributed by atoms with Gasteiger partial charge in [-0.3, -0.25) is 18.6 Å². The van der Waals surface area contributed by atoms with Crippen LogP contribution in [0.25, 0.3) is 0 Å². The highest BCUT2D eigenvalue weighted by Crippen LogP contribution is 2.43. The smallest absolute Gasteiger partial charge is 0.457 e. The van der Waals surface area contributed by atoms with Crippen LogP contribution in [-0.2, 0) is 32.7 Å². The van der Waals surface area contributed by atoms with E-state index in [0.29, 0.717) is 12.8 Å². The predicted octanol–water partition coefficient (Wildman–Crippen LogP) is 11.7. The highest BCUT2D eigenvalue weighted by Gasteiger charge is 2.27. The van der Waals surface area contributed by atoms with E-state index in [-0.39, 0.29) is 12.8 Å². The Kier molecular flexibility index (Phi) is 39.6. The Labute approximate surface area is 341 Å². The summed E-state index contributed by atoms with van der Waals surface area (Å²) in [6, 6.07) is 0. The molecule has 3 N–H and O–H groups in total. The molecule has 3 unspecified atom stereocenters. The van der Waals surface area contributed by atoms with Gasteiger partial charge in [-0.05, 0) is 51.4 Å². The van der Waals surface area contributed by atoms with Gasteiger partial charge in [0.1, 0.15) is 12.2 Å². The van der Waals surface area contributed by atoms with E-state index in [1.165, 1.54) is 89.9 Å². The van der Waals surface area contributed by atoms with Gasteiger partial charge in [0.25, 0.3) is 0 Å². The fourth-order valence-corrected chi connectivity index (χ4v) is 6.71. The van der Waals surface area contributed by atoms with Crippen LogP contribution in [0.2, 0.25) is 0 Å². The lowest BCUT2D eigenvalue weighted by Gasteiger charge is -2.20. The summed E-state index contributed by atoms with van der Waals surface area (Å²) < 4.78 is 32.5. The molecule has 0 aliphatic carbocycles. The number of aliphatic hydroxyl groups is 2. The number of hydrogen-bond donors (Lipinski definition) is 3. The Morgan fingerprint density at radius 3 is 1.21 bits per heavy atom. The maximum atomic E-state index is 12.4. The molecule has 11 heteroatoms. The van der Waals surface area contributed by atoms with Crippen molar-refractivity contribution < 1.29 is 47.8 Å². The normalized spacial score (nSPS) is 14.3. The fraction of sp³-hybridized carbons (Fsp3) is 0.778. The summed E-state index contributed by atoms with van der Waals surface area (Å²) in [4.78, 5) is 34.5. The van der Waals surface area contributed by atoms with Crippen LogP contribution in [-0.4, -0.2) is 65.7 Å². The lowest BCUT2D eigenvalue weighted by Crippen LogP contribution is -2.28. The molecular weight excluding hydrogens is 731 g/mol. The van der Waals surface area contributed by atoms with E-state index in [0.717, 1.165) is 57.8 Å². The molecular formula is C45H81O10P. The molecule has 0 heterocycles. The highest BCUT2D eigenvalue weighted by atomic mass is 31.2. The Bertz CT molecular complexity index is 1070. The molecule has 0 amide bonds. The van der Waals surface area contributed by atoms with Crippen LogP contribution in [0.15, 0.2) is 48.6 Å². The van der Waals surface area contributed by atoms with Crippen LogP contribution in [0.3, 0.4) is 0 Å². The fourth-order valence-electron chi connectivity index (χ4n) is 5.93. The molecule has 0 saturated carbocycles. The third-order valence-corrected chi connectivity index (χ3v) is 10.3. The Hall–Kier alpha value is -2.07. The molecule has 0 radical (unpaired) electrons. The van der Waals surface area contributed by atoms with Gasteiger partial charge in [-0.2, -0.15) is 0 Å². The third-order valence-electron chi connectivity index (χ3n) is 9.31. The monoisotopic (exact) mass is 813 g/mol. The lowest BCUT2D eigenvalue weighted by atomic mass is 10.0. The maximum absolute atomic E-state index is 12.4. The summed E-state index contributed by atoms with van der Waals surface area (Å²) in [6.07, 6.45) is 43.8. The number of allylic oxidation sites excluding steroid dienone is 8. The van der Waals surface area contributed by atoms with Crippen LogP contribution < -0.4 is 0 Å². The highest BCUT2D eigenvalue weighted by molar-refractivity contribution is 7.47. The van der Waals surface area contributed by atoms with Crippen LogP contribution in [0.1, 0.15) is 187 Å². The molecule has 0 aliphatic rings. The summed E-state index contributed by atoms with van der Waals surface area (Å²) in [5.74, 6) is -1.06. The molecule has 0 saturated heterocycles. The molecule has 56 heavy (non-hydrogen) atoms. The van der Waals surface area contributed by atoms with Crippen molar-refractivity contribution in [3.63, 3.8) is 0 Å². The van der Waals surface area contributed by atoms with Gasteiger partial charge in [0.05, 0.1) is 26.4 Å². The number of carbonyl (C=O) groups is 2. The molecule has 0 rings (SSSR count). The number of phosphoric ester groups is 1. The Morgan fingerprint density at radius 1 is 0.500 bits per heavy atom. The second kappa shape index (κ2) is 41.1. The third kappa shape index (κ3) is 38.8. The number of unbranched alkanes of at least 4 members (excludes halogenated alkanes) is 19. The second-order valence-electron chi connectivity index (χ2n) is 14.7. The van der Waals surface area contributed by atoms with Crippen LogP contribution in [0, 0.1) is 0 Å². The standard InChI is InChI=1S/C45H81O10P/c1-3-5-7-9-11-13-15-17-19-20-21-23-25-27-29-31-33-35-37-45(49)55-43(39-47)41-53-56(50,51)52-40-42(38-46)54-44(48)36-34-32-30-28-26-24-22-18-16-14-12-10-8-6-4-2/h6,8,12,14,18,22,26,28,42-43,46-47H,3-5,7,9-11,13,15-17,19-21,23-25,27,29-41H2,1-2H3,(H,50,51)/b8-6-,14-12-,22-18-,28-26-. The number of carbonyl (C=O) groups excluding carboxylic acids is 2. The van der Waals surface area contributed by atoms with Crippen molar-refractivity contribution in [3.05, 3.63) is 48.6 Å². The minimum atomic E-state index is -4.65. The van der Waals surface area contributed by atoms with Crippen molar-refractivity contribution in [3.8, 4) is 0 Å². The topological polar surface area (TPSA) is 149 Å². The number of aliphatic hydroxyl groups excluding tert-OH is 2. The van der Waals surface area contributed by atoms with E-state index in [4.69, 9.17) is 18.5 Å². The molecule has 0 fully saturated rings. The largest absolute Gasteiger partial charge is 0.472 e. The number of hydrogen-bond acceptors (Lipinski definition) is 9. The number of phosphoric acid groups is 1. The maximum Gasteiger partial charge on any atom is 0.472 e. The number of ether oxygens (including phenoxy) is 2. The zero-order chi connectivity index (χ0) is 41.2. The van der Waals surface area contributed by atoms with E-state index >= 15 is 0 Å². The number of esters is 2. The van der Waals surface area contributed by atoms with Gasteiger partial charge < -0.3 is 24.6 Å². The van der Waals surface area contributed by atoms with Gasteiger partial charge in [0.15, 0.2) is 0 Å². The van der Waals surface area contributed by atoms with Crippen molar-refractivity contribution >= 4 is 19.8 Å². The first-order chi connectivity index (χ1) is 27.3. The molecule has 326 valence electrons. The van der Waals surface area contributed by atoms with E-state index < -0.39 is 58.4 Å². The second-order valence-corrected chi connectivity index (χ2v) is 16.1. The Balaban J connectivity index is 3.94. The van der Waals surface area contributed by atoms with E-state index in [2.05, 4.69) is 62.5 Å². The van der Waals surface area contributed by atoms with Crippen molar-refractivity contribution in [2.45, 2.75) is 199 Å². The van der Waals surface area contributed by atoms with Crippen molar-refractivity contribution in [2.24, 2.45) is 0 Å². The average molecular weight is 813 g/mol. The van der Waals surface area contributed by atoms with Crippen LogP contribution >= 0.6 is 7.82 Å². The first kappa shape index (κ1) is 53.9. The quantitative estimate of drug-likeness (QED) is 0.0236. The molecule has 0 aliphatic heterocycles. The Morgan fingerprint density at radius 2 is 0.839 bits per heavy atom.